The van der Waals surface area contributed by atoms with Gasteiger partial charge in [-0.25, -0.2) is 0 Å². The van der Waals surface area contributed by atoms with Gasteiger partial charge in [0.1, 0.15) is 5.75 Å². The molecule has 0 heterocycles. The molecule has 128 valence electrons. The highest BCUT2D eigenvalue weighted by Crippen LogP contribution is 2.29. The molecule has 0 aliphatic heterocycles. The van der Waals surface area contributed by atoms with E-state index in [1.807, 2.05) is 32.2 Å². The van der Waals surface area contributed by atoms with E-state index in [4.69, 9.17) is 4.74 Å². The lowest BCUT2D eigenvalue weighted by Crippen LogP contribution is -2.35. The fraction of sp³-hybridized carbons (Fsp3) is 0.556. The second-order valence-electron chi connectivity index (χ2n) is 5.76. The quantitative estimate of drug-likeness (QED) is 0.740. The monoisotopic (exact) mass is 320 g/mol. The number of amides is 2. The van der Waals surface area contributed by atoms with E-state index < -0.39 is 0 Å². The Balaban J connectivity index is 2.83. The maximum absolute atomic E-state index is 12.2. The molecule has 1 rings (SSSR count). The fourth-order valence-corrected chi connectivity index (χ4v) is 2.38. The number of hydrogen-bond donors (Lipinski definition) is 0. The Bertz CT molecular complexity index is 543. The van der Waals surface area contributed by atoms with Gasteiger partial charge in [0.25, 0.3) is 0 Å². The minimum Gasteiger partial charge on any atom is -0.495 e. The van der Waals surface area contributed by atoms with E-state index in [1.54, 1.807) is 16.9 Å². The highest BCUT2D eigenvalue weighted by Gasteiger charge is 2.18. The van der Waals surface area contributed by atoms with E-state index in [1.165, 1.54) is 6.92 Å². The first-order valence-corrected chi connectivity index (χ1v) is 8.07. The molecular formula is C18H28N2O3. The van der Waals surface area contributed by atoms with Crippen LogP contribution in [0.3, 0.4) is 0 Å². The number of unbranched alkanes of at least 4 members (excludes halogenated alkanes) is 1. The molecule has 0 saturated carbocycles. The van der Waals surface area contributed by atoms with Gasteiger partial charge in [-0.2, -0.15) is 0 Å². The summed E-state index contributed by atoms with van der Waals surface area (Å²) in [7, 11) is 3.39. The smallest absolute Gasteiger partial charge is 0.224 e. The van der Waals surface area contributed by atoms with E-state index in [0.29, 0.717) is 24.4 Å². The molecule has 1 aromatic carbocycles. The zero-order chi connectivity index (χ0) is 17.4. The van der Waals surface area contributed by atoms with Gasteiger partial charge >= 0.3 is 0 Å². The average molecular weight is 320 g/mol. The molecule has 23 heavy (non-hydrogen) atoms. The first-order chi connectivity index (χ1) is 10.9. The van der Waals surface area contributed by atoms with Crippen LogP contribution in [-0.2, 0) is 9.59 Å². The van der Waals surface area contributed by atoms with Crippen molar-refractivity contribution in [3.8, 4) is 5.75 Å². The van der Waals surface area contributed by atoms with Crippen LogP contribution >= 0.6 is 0 Å². The highest BCUT2D eigenvalue weighted by molar-refractivity contribution is 5.94. The lowest BCUT2D eigenvalue weighted by atomic mass is 10.1. The topological polar surface area (TPSA) is 49.9 Å². The van der Waals surface area contributed by atoms with Crippen LogP contribution in [0.25, 0.3) is 0 Å². The van der Waals surface area contributed by atoms with E-state index in [-0.39, 0.29) is 11.8 Å². The number of ether oxygens (including phenoxy) is 1. The van der Waals surface area contributed by atoms with Crippen molar-refractivity contribution in [2.24, 2.45) is 0 Å². The maximum atomic E-state index is 12.2. The lowest BCUT2D eigenvalue weighted by Gasteiger charge is -2.25. The normalized spacial score (nSPS) is 10.3. The second-order valence-corrected chi connectivity index (χ2v) is 5.76. The molecule has 0 aliphatic rings. The Morgan fingerprint density at radius 3 is 2.48 bits per heavy atom. The Labute approximate surface area is 139 Å². The summed E-state index contributed by atoms with van der Waals surface area (Å²) in [4.78, 5) is 27.5. The van der Waals surface area contributed by atoms with Crippen molar-refractivity contribution in [3.05, 3.63) is 23.8 Å². The summed E-state index contributed by atoms with van der Waals surface area (Å²) in [5, 5.41) is 0. The third kappa shape index (κ3) is 5.58. The van der Waals surface area contributed by atoms with Gasteiger partial charge in [0.05, 0.1) is 12.8 Å². The van der Waals surface area contributed by atoms with Gasteiger partial charge in [0, 0.05) is 33.5 Å². The number of rotatable bonds is 8. The van der Waals surface area contributed by atoms with Crippen molar-refractivity contribution in [2.45, 2.75) is 40.0 Å². The predicted octanol–water partition coefficient (Wildman–Crippen LogP) is 3.01. The van der Waals surface area contributed by atoms with Crippen molar-refractivity contribution < 1.29 is 14.3 Å². The summed E-state index contributed by atoms with van der Waals surface area (Å²) < 4.78 is 5.35. The van der Waals surface area contributed by atoms with Crippen LogP contribution in [0.15, 0.2) is 18.2 Å². The molecule has 0 fully saturated rings. The number of carbonyl (C=O) groups excluding carboxylic acids is 2. The van der Waals surface area contributed by atoms with Crippen LogP contribution < -0.4 is 9.64 Å². The third-order valence-corrected chi connectivity index (χ3v) is 3.83. The van der Waals surface area contributed by atoms with E-state index >= 15 is 0 Å². The summed E-state index contributed by atoms with van der Waals surface area (Å²) in [5.74, 6) is 0.590. The first-order valence-electron chi connectivity index (χ1n) is 8.07. The Morgan fingerprint density at radius 2 is 1.91 bits per heavy atom. The fourth-order valence-electron chi connectivity index (χ4n) is 2.38. The first kappa shape index (κ1) is 19.0. The molecular weight excluding hydrogens is 292 g/mol. The second kappa shape index (κ2) is 9.18. The Hall–Kier alpha value is -2.04. The molecule has 0 radical (unpaired) electrons. The zero-order valence-corrected chi connectivity index (χ0v) is 14.9. The van der Waals surface area contributed by atoms with Crippen LogP contribution in [0.1, 0.15) is 38.7 Å². The number of nitrogens with zero attached hydrogens (tertiary/aromatic N) is 2. The van der Waals surface area contributed by atoms with Crippen LogP contribution in [0.5, 0.6) is 5.75 Å². The molecule has 1 aromatic rings. The van der Waals surface area contributed by atoms with Crippen molar-refractivity contribution >= 4 is 17.5 Å². The molecule has 5 heteroatoms. The number of hydrogen-bond acceptors (Lipinski definition) is 3. The molecule has 0 saturated heterocycles. The van der Waals surface area contributed by atoms with Crippen LogP contribution in [0.4, 0.5) is 5.69 Å². The van der Waals surface area contributed by atoms with Crippen molar-refractivity contribution in [3.63, 3.8) is 0 Å². The van der Waals surface area contributed by atoms with Crippen molar-refractivity contribution in [1.29, 1.82) is 0 Å². The molecule has 5 nitrogen and oxygen atoms in total. The minimum absolute atomic E-state index is 0.0521. The van der Waals surface area contributed by atoms with Gasteiger partial charge in [0.15, 0.2) is 0 Å². The summed E-state index contributed by atoms with van der Waals surface area (Å²) in [6, 6.07) is 5.69. The molecule has 0 unspecified atom stereocenters. The molecule has 0 bridgehead atoms. The Kier molecular flexibility index (Phi) is 7.59. The van der Waals surface area contributed by atoms with E-state index in [2.05, 4.69) is 6.92 Å². The van der Waals surface area contributed by atoms with E-state index in [0.717, 1.165) is 24.9 Å². The van der Waals surface area contributed by atoms with Crippen molar-refractivity contribution in [2.75, 3.05) is 32.1 Å². The van der Waals surface area contributed by atoms with Gasteiger partial charge in [-0.3, -0.25) is 9.59 Å². The largest absolute Gasteiger partial charge is 0.495 e. The average Bonchev–Trinajstić information content (AvgIpc) is 2.52. The van der Waals surface area contributed by atoms with Gasteiger partial charge in [-0.05, 0) is 31.0 Å². The standard InChI is InChI=1S/C18H28N2O3/c1-6-7-11-19(4)18(22)10-12-20(15(3)21)16-13-14(2)8-9-17(16)23-5/h8-9,13H,6-7,10-12H2,1-5H3. The minimum atomic E-state index is -0.0992. The molecule has 0 aromatic heterocycles. The van der Waals surface area contributed by atoms with Crippen LogP contribution in [0.2, 0.25) is 0 Å². The van der Waals surface area contributed by atoms with Crippen LogP contribution in [-0.4, -0.2) is 44.0 Å². The van der Waals surface area contributed by atoms with Gasteiger partial charge in [-0.1, -0.05) is 19.4 Å². The number of anilines is 1. The number of benzene rings is 1. The maximum Gasteiger partial charge on any atom is 0.224 e. The molecule has 0 spiro atoms. The number of methoxy groups -OCH3 is 1. The van der Waals surface area contributed by atoms with Crippen molar-refractivity contribution in [1.82, 2.24) is 4.90 Å². The molecule has 0 atom stereocenters. The molecule has 0 aliphatic carbocycles. The van der Waals surface area contributed by atoms with Gasteiger partial charge in [-0.15, -0.1) is 0 Å². The number of carbonyl (C=O) groups is 2. The predicted molar refractivity (Wildman–Crippen MR) is 92.9 cm³/mol. The highest BCUT2D eigenvalue weighted by atomic mass is 16.5. The third-order valence-electron chi connectivity index (χ3n) is 3.83. The van der Waals surface area contributed by atoms with Crippen LogP contribution in [0, 0.1) is 6.92 Å². The molecule has 2 amide bonds. The van der Waals surface area contributed by atoms with E-state index in [9.17, 15) is 9.59 Å². The number of aryl methyl sites for hydroxylation is 1. The zero-order valence-electron chi connectivity index (χ0n) is 14.9. The summed E-state index contributed by atoms with van der Waals surface area (Å²) in [5.41, 5.74) is 1.75. The summed E-state index contributed by atoms with van der Waals surface area (Å²) >= 11 is 0. The summed E-state index contributed by atoms with van der Waals surface area (Å²) in [6.07, 6.45) is 2.35. The van der Waals surface area contributed by atoms with Gasteiger partial charge < -0.3 is 14.5 Å². The Morgan fingerprint density at radius 1 is 1.22 bits per heavy atom. The lowest BCUT2D eigenvalue weighted by molar-refractivity contribution is -0.129. The van der Waals surface area contributed by atoms with Gasteiger partial charge in [0.2, 0.25) is 11.8 Å². The SMILES string of the molecule is CCCCN(C)C(=O)CCN(C(C)=O)c1cc(C)ccc1OC. The molecule has 0 N–H and O–H groups in total. The summed E-state index contributed by atoms with van der Waals surface area (Å²) in [6.45, 7) is 6.67.